The van der Waals surface area contributed by atoms with E-state index in [1.165, 1.54) is 19.2 Å². The summed E-state index contributed by atoms with van der Waals surface area (Å²) in [6, 6.07) is 4.05. The highest BCUT2D eigenvalue weighted by molar-refractivity contribution is 5.76. The molecule has 0 saturated carbocycles. The van der Waals surface area contributed by atoms with Gasteiger partial charge in [0.2, 0.25) is 5.91 Å². The molecule has 1 aromatic carbocycles. The summed E-state index contributed by atoms with van der Waals surface area (Å²) < 4.78 is 18.5. The molecule has 1 saturated heterocycles. The van der Waals surface area contributed by atoms with Crippen LogP contribution in [0.3, 0.4) is 0 Å². The number of benzene rings is 1. The topological polar surface area (TPSA) is 50.4 Å². The Morgan fingerprint density at radius 2 is 2.40 bits per heavy atom. The lowest BCUT2D eigenvalue weighted by atomic mass is 10.0. The Morgan fingerprint density at radius 1 is 1.60 bits per heavy atom. The van der Waals surface area contributed by atoms with Crippen molar-refractivity contribution in [2.24, 2.45) is 5.92 Å². The average Bonchev–Trinajstić information content (AvgIpc) is 2.91. The van der Waals surface area contributed by atoms with Crippen molar-refractivity contribution in [1.29, 1.82) is 0 Å². The number of nitrogens with one attached hydrogen (secondary N) is 2. The van der Waals surface area contributed by atoms with Crippen LogP contribution in [0, 0.1) is 11.7 Å². The van der Waals surface area contributed by atoms with Gasteiger partial charge in [0, 0.05) is 12.0 Å². The number of hydrogen-bond acceptors (Lipinski definition) is 3. The summed E-state index contributed by atoms with van der Waals surface area (Å²) in [5.74, 6) is 0.651. The molecule has 0 radical (unpaired) electrons. The van der Waals surface area contributed by atoms with Crippen LogP contribution in [-0.4, -0.2) is 26.1 Å². The Morgan fingerprint density at radius 3 is 3.05 bits per heavy atom. The van der Waals surface area contributed by atoms with E-state index in [4.69, 9.17) is 4.74 Å². The highest BCUT2D eigenvalue weighted by Gasteiger charge is 2.20. The van der Waals surface area contributed by atoms with Gasteiger partial charge in [0.15, 0.2) is 0 Å². The van der Waals surface area contributed by atoms with Crippen LogP contribution in [0.25, 0.3) is 0 Å². The van der Waals surface area contributed by atoms with E-state index < -0.39 is 0 Å². The number of carbonyl (C=O) groups excluding carboxylic acids is 1. The molecule has 1 heterocycles. The molecule has 1 aliphatic heterocycles. The maximum absolute atomic E-state index is 13.3. The van der Waals surface area contributed by atoms with Crippen LogP contribution in [0.5, 0.6) is 5.75 Å². The minimum Gasteiger partial charge on any atom is -0.496 e. The maximum Gasteiger partial charge on any atom is 0.220 e. The van der Waals surface area contributed by atoms with Gasteiger partial charge in [0.05, 0.1) is 13.2 Å². The fourth-order valence-electron chi connectivity index (χ4n) is 2.57. The van der Waals surface area contributed by atoms with Gasteiger partial charge in [-0.15, -0.1) is 0 Å². The SMILES string of the molecule is COc1ccc(F)cc1C(C)NC(=O)CC1CCNC1. The van der Waals surface area contributed by atoms with Crippen molar-refractivity contribution >= 4 is 5.91 Å². The molecule has 0 bridgehead atoms. The van der Waals surface area contributed by atoms with Crippen molar-refractivity contribution in [1.82, 2.24) is 10.6 Å². The van der Waals surface area contributed by atoms with E-state index in [9.17, 15) is 9.18 Å². The van der Waals surface area contributed by atoms with Crippen molar-refractivity contribution in [2.75, 3.05) is 20.2 Å². The van der Waals surface area contributed by atoms with Crippen LogP contribution in [0.1, 0.15) is 31.4 Å². The number of carbonyl (C=O) groups is 1. The van der Waals surface area contributed by atoms with Gasteiger partial charge in [-0.1, -0.05) is 0 Å². The molecule has 0 spiro atoms. The fraction of sp³-hybridized carbons (Fsp3) is 0.533. The highest BCUT2D eigenvalue weighted by atomic mass is 19.1. The number of hydrogen-bond donors (Lipinski definition) is 2. The fourth-order valence-corrected chi connectivity index (χ4v) is 2.57. The van der Waals surface area contributed by atoms with Crippen LogP contribution in [-0.2, 0) is 4.79 Å². The minimum absolute atomic E-state index is 0.00230. The summed E-state index contributed by atoms with van der Waals surface area (Å²) in [4.78, 5) is 12.0. The summed E-state index contributed by atoms with van der Waals surface area (Å²) >= 11 is 0. The molecule has 2 unspecified atom stereocenters. The smallest absolute Gasteiger partial charge is 0.220 e. The molecule has 1 amide bonds. The summed E-state index contributed by atoms with van der Waals surface area (Å²) in [5.41, 5.74) is 0.658. The third-order valence-electron chi connectivity index (χ3n) is 3.67. The molecular formula is C15H21FN2O2. The molecule has 1 fully saturated rings. The zero-order chi connectivity index (χ0) is 14.5. The van der Waals surface area contributed by atoms with Crippen molar-refractivity contribution < 1.29 is 13.9 Å². The summed E-state index contributed by atoms with van der Waals surface area (Å²) in [7, 11) is 1.54. The van der Waals surface area contributed by atoms with Crippen LogP contribution in [0.15, 0.2) is 18.2 Å². The normalized spacial score (nSPS) is 19.6. The molecule has 0 aliphatic carbocycles. The van der Waals surface area contributed by atoms with Crippen molar-refractivity contribution in [2.45, 2.75) is 25.8 Å². The quantitative estimate of drug-likeness (QED) is 0.867. The van der Waals surface area contributed by atoms with E-state index in [-0.39, 0.29) is 17.8 Å². The Bertz CT molecular complexity index is 473. The molecule has 2 N–H and O–H groups in total. The number of ether oxygens (including phenoxy) is 1. The molecule has 1 aliphatic rings. The van der Waals surface area contributed by atoms with E-state index in [0.717, 1.165) is 19.5 Å². The summed E-state index contributed by atoms with van der Waals surface area (Å²) in [5, 5.41) is 6.15. The summed E-state index contributed by atoms with van der Waals surface area (Å²) in [6.45, 7) is 3.71. The monoisotopic (exact) mass is 280 g/mol. The number of rotatable bonds is 5. The average molecular weight is 280 g/mol. The van der Waals surface area contributed by atoms with Gasteiger partial charge in [-0.3, -0.25) is 4.79 Å². The second-order valence-electron chi connectivity index (χ2n) is 5.24. The lowest BCUT2D eigenvalue weighted by Gasteiger charge is -2.18. The predicted molar refractivity (Wildman–Crippen MR) is 75.1 cm³/mol. The number of halogens is 1. The molecule has 2 atom stereocenters. The molecule has 5 heteroatoms. The zero-order valence-electron chi connectivity index (χ0n) is 11.9. The Hall–Kier alpha value is -1.62. The van der Waals surface area contributed by atoms with E-state index >= 15 is 0 Å². The second kappa shape index (κ2) is 6.70. The Kier molecular flexibility index (Phi) is 4.95. The van der Waals surface area contributed by atoms with Gasteiger partial charge in [0.1, 0.15) is 11.6 Å². The third kappa shape index (κ3) is 3.70. The molecule has 110 valence electrons. The lowest BCUT2D eigenvalue weighted by Crippen LogP contribution is -2.29. The van der Waals surface area contributed by atoms with Gasteiger partial charge in [-0.2, -0.15) is 0 Å². The molecule has 1 aromatic rings. The summed E-state index contributed by atoms with van der Waals surface area (Å²) in [6.07, 6.45) is 1.54. The van der Waals surface area contributed by atoms with E-state index in [2.05, 4.69) is 10.6 Å². The third-order valence-corrected chi connectivity index (χ3v) is 3.67. The van der Waals surface area contributed by atoms with Crippen LogP contribution in [0.4, 0.5) is 4.39 Å². The van der Waals surface area contributed by atoms with E-state index in [1.807, 2.05) is 6.92 Å². The van der Waals surface area contributed by atoms with Crippen molar-refractivity contribution in [3.8, 4) is 5.75 Å². The second-order valence-corrected chi connectivity index (χ2v) is 5.24. The lowest BCUT2D eigenvalue weighted by molar-refractivity contribution is -0.122. The molecule has 2 rings (SSSR count). The first-order valence-electron chi connectivity index (χ1n) is 6.93. The van der Waals surface area contributed by atoms with Gasteiger partial charge in [0.25, 0.3) is 0 Å². The number of methoxy groups -OCH3 is 1. The van der Waals surface area contributed by atoms with E-state index in [0.29, 0.717) is 23.7 Å². The van der Waals surface area contributed by atoms with E-state index in [1.54, 1.807) is 6.07 Å². The molecule has 0 aromatic heterocycles. The molecular weight excluding hydrogens is 259 g/mol. The minimum atomic E-state index is -0.332. The first kappa shape index (κ1) is 14.8. The largest absolute Gasteiger partial charge is 0.496 e. The Balaban J connectivity index is 1.98. The van der Waals surface area contributed by atoms with Crippen molar-refractivity contribution in [3.05, 3.63) is 29.6 Å². The molecule has 4 nitrogen and oxygen atoms in total. The number of amides is 1. The van der Waals surface area contributed by atoms with Gasteiger partial charge >= 0.3 is 0 Å². The predicted octanol–water partition coefficient (Wildman–Crippen LogP) is 2.01. The first-order chi connectivity index (χ1) is 9.60. The van der Waals surface area contributed by atoms with Crippen LogP contribution in [0.2, 0.25) is 0 Å². The van der Waals surface area contributed by atoms with Gasteiger partial charge in [-0.25, -0.2) is 4.39 Å². The molecule has 20 heavy (non-hydrogen) atoms. The van der Waals surface area contributed by atoms with Gasteiger partial charge in [-0.05, 0) is 50.6 Å². The first-order valence-corrected chi connectivity index (χ1v) is 6.93. The van der Waals surface area contributed by atoms with Gasteiger partial charge < -0.3 is 15.4 Å². The highest BCUT2D eigenvalue weighted by Crippen LogP contribution is 2.26. The Labute approximate surface area is 118 Å². The zero-order valence-corrected chi connectivity index (χ0v) is 11.9. The van der Waals surface area contributed by atoms with Crippen molar-refractivity contribution in [3.63, 3.8) is 0 Å². The standard InChI is InChI=1S/C15H21FN2O2/c1-10(13-8-12(16)3-4-14(13)20-2)18-15(19)7-11-5-6-17-9-11/h3-4,8,10-11,17H,5-7,9H2,1-2H3,(H,18,19). The maximum atomic E-state index is 13.3. The van der Waals surface area contributed by atoms with Crippen LogP contribution < -0.4 is 15.4 Å². The van der Waals surface area contributed by atoms with Crippen LogP contribution >= 0.6 is 0 Å².